The molecule has 0 bridgehead atoms. The molecule has 0 spiro atoms. The van der Waals surface area contributed by atoms with Crippen LogP contribution in [0.3, 0.4) is 0 Å². The topological polar surface area (TPSA) is 244 Å². The number of alkyl halides is 2. The van der Waals surface area contributed by atoms with Gasteiger partial charge in [-0.1, -0.05) is 11.6 Å². The SMILES string of the molecule is CC(F)[C@]1(COP(=O)(O)OP(=O)(O)OP(=O)(O)O)OC[C@](Cl)(n2ccc(=O)[nH]c2=O)[C@@H]1O. The van der Waals surface area contributed by atoms with Gasteiger partial charge in [-0.05, 0) is 6.92 Å². The van der Waals surface area contributed by atoms with Crippen molar-refractivity contribution in [3.8, 4) is 0 Å². The molecule has 1 aromatic heterocycles. The summed E-state index contributed by atoms with van der Waals surface area (Å²) in [6.45, 7) is -1.33. The summed E-state index contributed by atoms with van der Waals surface area (Å²) >= 11 is 6.25. The molecule has 1 fully saturated rings. The van der Waals surface area contributed by atoms with Crippen LogP contribution in [0.2, 0.25) is 0 Å². The second-order valence-electron chi connectivity index (χ2n) is 6.43. The summed E-state index contributed by atoms with van der Waals surface area (Å²) < 4.78 is 65.6. The van der Waals surface area contributed by atoms with Crippen LogP contribution in [0.15, 0.2) is 21.9 Å². The predicted molar refractivity (Wildman–Crippen MR) is 100 cm³/mol. The van der Waals surface area contributed by atoms with Gasteiger partial charge in [0.15, 0.2) is 10.6 Å². The van der Waals surface area contributed by atoms with Crippen molar-refractivity contribution in [1.29, 1.82) is 0 Å². The van der Waals surface area contributed by atoms with Crippen molar-refractivity contribution in [1.82, 2.24) is 9.55 Å². The summed E-state index contributed by atoms with van der Waals surface area (Å²) in [6, 6.07) is 0.864. The van der Waals surface area contributed by atoms with Crippen molar-refractivity contribution >= 4 is 35.1 Å². The van der Waals surface area contributed by atoms with Crippen molar-refractivity contribution in [2.24, 2.45) is 0 Å². The second kappa shape index (κ2) is 9.12. The van der Waals surface area contributed by atoms with Gasteiger partial charge in [0.25, 0.3) is 5.56 Å². The van der Waals surface area contributed by atoms with Crippen LogP contribution in [0, 0.1) is 0 Å². The molecule has 2 rings (SSSR count). The number of aromatic nitrogens is 2. The fourth-order valence-corrected chi connectivity index (χ4v) is 6.16. The number of rotatable bonds is 9. The van der Waals surface area contributed by atoms with E-state index in [1.165, 1.54) is 0 Å². The Balaban J connectivity index is 2.29. The number of nitrogens with zero attached hydrogens (tertiary/aromatic N) is 1. The van der Waals surface area contributed by atoms with E-state index in [-0.39, 0.29) is 0 Å². The molecule has 6 N–H and O–H groups in total. The van der Waals surface area contributed by atoms with E-state index in [1.54, 1.807) is 0 Å². The van der Waals surface area contributed by atoms with Gasteiger partial charge in [0.1, 0.15) is 12.3 Å². The molecule has 32 heavy (non-hydrogen) atoms. The molecule has 1 saturated heterocycles. The molecule has 0 aromatic carbocycles. The molecule has 6 atom stereocenters. The lowest BCUT2D eigenvalue weighted by Gasteiger charge is -2.36. The molecule has 1 aliphatic heterocycles. The third-order valence-corrected chi connectivity index (χ3v) is 8.47. The van der Waals surface area contributed by atoms with E-state index in [9.17, 15) is 37.7 Å². The van der Waals surface area contributed by atoms with Crippen molar-refractivity contribution in [2.75, 3.05) is 13.2 Å². The molecule has 1 aromatic rings. The monoisotopic (exact) mass is 548 g/mol. The molecule has 0 saturated carbocycles. The number of ether oxygens (including phenoxy) is 1. The minimum atomic E-state index is -5.85. The minimum Gasteiger partial charge on any atom is -0.386 e. The zero-order valence-corrected chi connectivity index (χ0v) is 19.1. The smallest absolute Gasteiger partial charge is 0.386 e. The fourth-order valence-electron chi connectivity index (χ4n) is 2.73. The van der Waals surface area contributed by atoms with Crippen molar-refractivity contribution < 1.29 is 60.6 Å². The van der Waals surface area contributed by atoms with Crippen LogP contribution in [-0.2, 0) is 36.6 Å². The Hall–Kier alpha value is -0.770. The van der Waals surface area contributed by atoms with Crippen LogP contribution in [0.4, 0.5) is 4.39 Å². The van der Waals surface area contributed by atoms with Crippen LogP contribution in [-0.4, -0.2) is 65.3 Å². The highest BCUT2D eigenvalue weighted by Gasteiger charge is 2.63. The first-order chi connectivity index (χ1) is 14.3. The summed E-state index contributed by atoms with van der Waals surface area (Å²) in [5, 5.41) is 10.7. The van der Waals surface area contributed by atoms with Gasteiger partial charge in [-0.3, -0.25) is 18.9 Å². The van der Waals surface area contributed by atoms with E-state index >= 15 is 0 Å². The highest BCUT2D eigenvalue weighted by atomic mass is 35.5. The van der Waals surface area contributed by atoms with Crippen molar-refractivity contribution in [2.45, 2.75) is 29.8 Å². The summed E-state index contributed by atoms with van der Waals surface area (Å²) in [4.78, 5) is 58.6. The number of aliphatic hydroxyl groups is 1. The molecule has 184 valence electrons. The zero-order chi connectivity index (χ0) is 24.8. The minimum absolute atomic E-state index is 0.607. The Morgan fingerprint density at radius 3 is 2.38 bits per heavy atom. The number of aromatic amines is 1. The van der Waals surface area contributed by atoms with Crippen LogP contribution in [0.25, 0.3) is 0 Å². The second-order valence-corrected chi connectivity index (χ2v) is 11.5. The standard InChI is InChI=1S/C11H17ClFN2O14P3/c1-6(13)10(4-27-31(22,23)29-32(24,25)28-30(19,20)21)8(17)11(12,5-26-10)15-3-2-7(16)14-9(15)18/h2-3,6,8,17H,4-5H2,1H3,(H,22,23)(H,24,25)(H,14,16,18)(H2,19,20,21)/t6?,8-,10+,11+/m1/s1. The molecule has 2 heterocycles. The molecule has 0 aliphatic carbocycles. The number of phosphoric acid groups is 3. The van der Waals surface area contributed by atoms with Crippen LogP contribution in [0.5, 0.6) is 0 Å². The van der Waals surface area contributed by atoms with Crippen LogP contribution in [0.1, 0.15) is 6.92 Å². The maximum absolute atomic E-state index is 14.5. The molecular formula is C11H17ClFN2O14P3. The predicted octanol–water partition coefficient (Wildman–Crippen LogP) is -0.741. The summed E-state index contributed by atoms with van der Waals surface area (Å²) in [5.74, 6) is 0. The van der Waals surface area contributed by atoms with Gasteiger partial charge in [0.05, 0.1) is 13.2 Å². The first kappa shape index (κ1) is 27.5. The maximum Gasteiger partial charge on any atom is 0.490 e. The number of halogens is 2. The lowest BCUT2D eigenvalue weighted by molar-refractivity contribution is -0.129. The average molecular weight is 549 g/mol. The number of hydrogen-bond donors (Lipinski definition) is 6. The van der Waals surface area contributed by atoms with E-state index in [0.29, 0.717) is 4.57 Å². The molecule has 0 radical (unpaired) electrons. The molecular weight excluding hydrogens is 531 g/mol. The van der Waals surface area contributed by atoms with Gasteiger partial charge in [0.2, 0.25) is 0 Å². The summed E-state index contributed by atoms with van der Waals surface area (Å²) in [6.07, 6.45) is -3.53. The normalized spacial score (nSPS) is 31.1. The fraction of sp³-hybridized carbons (Fsp3) is 0.636. The molecule has 0 amide bonds. The number of nitrogens with one attached hydrogen (secondary N) is 1. The van der Waals surface area contributed by atoms with Crippen LogP contribution < -0.4 is 11.2 Å². The molecule has 16 nitrogen and oxygen atoms in total. The van der Waals surface area contributed by atoms with E-state index < -0.39 is 70.8 Å². The van der Waals surface area contributed by atoms with E-state index in [1.807, 2.05) is 4.98 Å². The van der Waals surface area contributed by atoms with Gasteiger partial charge >= 0.3 is 29.2 Å². The summed E-state index contributed by atoms with van der Waals surface area (Å²) in [5.41, 5.74) is -4.47. The van der Waals surface area contributed by atoms with Gasteiger partial charge in [0, 0.05) is 12.3 Å². The van der Waals surface area contributed by atoms with Gasteiger partial charge in [-0.2, -0.15) is 8.62 Å². The summed E-state index contributed by atoms with van der Waals surface area (Å²) in [7, 11) is -17.2. The van der Waals surface area contributed by atoms with Gasteiger partial charge in [-0.25, -0.2) is 22.9 Å². The zero-order valence-electron chi connectivity index (χ0n) is 15.7. The number of aliphatic hydroxyl groups excluding tert-OH is 1. The third kappa shape index (κ3) is 6.02. The highest BCUT2D eigenvalue weighted by molar-refractivity contribution is 7.66. The van der Waals surface area contributed by atoms with Crippen molar-refractivity contribution in [3.05, 3.63) is 33.1 Å². The van der Waals surface area contributed by atoms with Gasteiger partial charge < -0.3 is 29.4 Å². The average Bonchev–Trinajstić information content (AvgIpc) is 2.83. The Kier molecular flexibility index (Phi) is 7.83. The quantitative estimate of drug-likeness (QED) is 0.164. The first-order valence-electron chi connectivity index (χ1n) is 8.09. The van der Waals surface area contributed by atoms with E-state index in [2.05, 4.69) is 13.1 Å². The number of phosphoric ester groups is 1. The Morgan fingerprint density at radius 2 is 1.88 bits per heavy atom. The molecule has 21 heteroatoms. The highest BCUT2D eigenvalue weighted by Crippen LogP contribution is 2.66. The lowest BCUT2D eigenvalue weighted by Crippen LogP contribution is -2.57. The first-order valence-corrected chi connectivity index (χ1v) is 13.0. The molecule has 3 unspecified atom stereocenters. The third-order valence-electron chi connectivity index (χ3n) is 4.19. The van der Waals surface area contributed by atoms with Gasteiger partial charge in [-0.15, -0.1) is 0 Å². The van der Waals surface area contributed by atoms with Crippen molar-refractivity contribution in [3.63, 3.8) is 0 Å². The Bertz CT molecular complexity index is 1120. The van der Waals surface area contributed by atoms with Crippen LogP contribution >= 0.6 is 35.1 Å². The van der Waals surface area contributed by atoms with E-state index in [0.717, 1.165) is 19.2 Å². The largest absolute Gasteiger partial charge is 0.490 e. The number of H-pyrrole nitrogens is 1. The molecule has 1 aliphatic rings. The van der Waals surface area contributed by atoms with E-state index in [4.69, 9.17) is 31.0 Å². The Morgan fingerprint density at radius 1 is 1.28 bits per heavy atom. The lowest BCUT2D eigenvalue weighted by atomic mass is 9.90. The Labute approximate surface area is 181 Å². The number of hydrogen-bond acceptors (Lipinski definition) is 10. The maximum atomic E-state index is 14.5.